The minimum absolute atomic E-state index is 0.0273. The summed E-state index contributed by atoms with van der Waals surface area (Å²) in [5, 5.41) is 20.0. The fourth-order valence-electron chi connectivity index (χ4n) is 5.42. The molecule has 1 N–H and O–H groups in total. The number of carbonyl (C=O) groups is 1. The van der Waals surface area contributed by atoms with Crippen LogP contribution in [-0.2, 0) is 6.54 Å². The van der Waals surface area contributed by atoms with Crippen LogP contribution in [0.15, 0.2) is 78.2 Å². The monoisotopic (exact) mass is 639 g/mol. The zero-order valence-corrected chi connectivity index (χ0v) is 28.7. The van der Waals surface area contributed by atoms with Crippen LogP contribution in [0.2, 0.25) is 5.02 Å². The largest absolute Gasteiger partial charge is 0.331 e. The Morgan fingerprint density at radius 1 is 1.20 bits per heavy atom. The Bertz CT molecular complexity index is 1570. The zero-order valence-electron chi connectivity index (χ0n) is 27.9. The molecule has 0 saturated carbocycles. The first-order valence-corrected chi connectivity index (χ1v) is 16.1. The van der Waals surface area contributed by atoms with Gasteiger partial charge in [-0.3, -0.25) is 4.99 Å². The van der Waals surface area contributed by atoms with Gasteiger partial charge in [0, 0.05) is 67.5 Å². The number of aliphatic imine (C=N–C) groups is 1. The predicted octanol–water partition coefficient (Wildman–Crippen LogP) is 9.40. The third-order valence-corrected chi connectivity index (χ3v) is 7.85. The number of carbonyl (C=O) groups excluding carboxylic acids is 1. The molecule has 0 spiro atoms. The van der Waals surface area contributed by atoms with Crippen LogP contribution >= 0.6 is 11.6 Å². The summed E-state index contributed by atoms with van der Waals surface area (Å²) in [5.41, 5.74) is 5.40. The summed E-state index contributed by atoms with van der Waals surface area (Å²) < 4.78 is 2.08. The van der Waals surface area contributed by atoms with Crippen LogP contribution in [0, 0.1) is 35.5 Å². The SMILES string of the molecule is C=C(Cn1ccnc1C)c1cc(Cl)ccc1C(/C(=C/C)N=CCC)C1CCN(C(=O)Nc2ccc(C#N)cc2)CC1.CC.CC#N. The minimum atomic E-state index is -0.128. The number of amides is 2. The van der Waals surface area contributed by atoms with Crippen LogP contribution in [0.3, 0.4) is 0 Å². The van der Waals surface area contributed by atoms with E-state index in [1.165, 1.54) is 6.92 Å². The predicted molar refractivity (Wildman–Crippen MR) is 190 cm³/mol. The van der Waals surface area contributed by atoms with E-state index < -0.39 is 0 Å². The van der Waals surface area contributed by atoms with E-state index in [9.17, 15) is 4.79 Å². The highest BCUT2D eigenvalue weighted by atomic mass is 35.5. The molecule has 3 aromatic rings. The number of nitrogens with zero attached hydrogens (tertiary/aromatic N) is 6. The summed E-state index contributed by atoms with van der Waals surface area (Å²) in [6.07, 6.45) is 10.3. The van der Waals surface area contributed by atoms with Crippen LogP contribution < -0.4 is 5.32 Å². The first-order chi connectivity index (χ1) is 22.3. The molecular weight excluding hydrogens is 594 g/mol. The number of anilines is 1. The molecule has 2 aromatic carbocycles. The van der Waals surface area contributed by atoms with Crippen molar-refractivity contribution < 1.29 is 4.79 Å². The molecule has 2 heterocycles. The van der Waals surface area contributed by atoms with E-state index in [-0.39, 0.29) is 17.9 Å². The van der Waals surface area contributed by atoms with Crippen molar-refractivity contribution in [3.8, 4) is 12.1 Å². The summed E-state index contributed by atoms with van der Waals surface area (Å²) in [4.78, 5) is 24.2. The lowest BCUT2D eigenvalue weighted by Gasteiger charge is -2.37. The van der Waals surface area contributed by atoms with Crippen molar-refractivity contribution in [2.24, 2.45) is 10.9 Å². The number of urea groups is 1. The number of imidazole rings is 1. The van der Waals surface area contributed by atoms with Gasteiger partial charge in [-0.1, -0.05) is 51.1 Å². The number of rotatable bonds is 9. The Hall–Kier alpha value is -4.66. The zero-order chi connectivity index (χ0) is 34.1. The van der Waals surface area contributed by atoms with Crippen molar-refractivity contribution in [3.05, 3.63) is 101 Å². The van der Waals surface area contributed by atoms with Gasteiger partial charge in [0.05, 0.1) is 17.7 Å². The molecule has 4 rings (SSSR count). The van der Waals surface area contributed by atoms with Gasteiger partial charge in [0.2, 0.25) is 0 Å². The minimum Gasteiger partial charge on any atom is -0.331 e. The van der Waals surface area contributed by atoms with E-state index in [2.05, 4.69) is 46.6 Å². The quantitative estimate of drug-likeness (QED) is 0.235. The van der Waals surface area contributed by atoms with Gasteiger partial charge in [0.15, 0.2) is 0 Å². The molecule has 8 nitrogen and oxygen atoms in total. The second kappa shape index (κ2) is 19.7. The van der Waals surface area contributed by atoms with E-state index in [4.69, 9.17) is 27.1 Å². The number of hydrogen-bond donors (Lipinski definition) is 1. The Balaban J connectivity index is 0.00000139. The molecule has 1 aliphatic heterocycles. The Kier molecular flexibility index (Phi) is 16.0. The molecule has 242 valence electrons. The van der Waals surface area contributed by atoms with Crippen LogP contribution in [0.1, 0.15) is 82.3 Å². The van der Waals surface area contributed by atoms with Gasteiger partial charge >= 0.3 is 6.03 Å². The molecule has 1 fully saturated rings. The average molecular weight is 640 g/mol. The number of likely N-dealkylation sites (tertiary alicyclic amines) is 1. The van der Waals surface area contributed by atoms with Gasteiger partial charge in [0.25, 0.3) is 0 Å². The van der Waals surface area contributed by atoms with Crippen molar-refractivity contribution in [2.75, 3.05) is 18.4 Å². The number of allylic oxidation sites excluding steroid dienone is 3. The van der Waals surface area contributed by atoms with Crippen LogP contribution in [0.25, 0.3) is 5.57 Å². The van der Waals surface area contributed by atoms with Crippen molar-refractivity contribution in [1.82, 2.24) is 14.5 Å². The van der Waals surface area contributed by atoms with E-state index in [0.717, 1.165) is 47.5 Å². The lowest BCUT2D eigenvalue weighted by molar-refractivity contribution is 0.177. The second-order valence-electron chi connectivity index (χ2n) is 10.5. The van der Waals surface area contributed by atoms with E-state index in [0.29, 0.717) is 35.9 Å². The lowest BCUT2D eigenvalue weighted by atomic mass is 9.75. The molecule has 1 atom stereocenters. The van der Waals surface area contributed by atoms with E-state index in [1.54, 1.807) is 36.5 Å². The standard InChI is InChI=1S/C33H37ClN6O.C2H3N.C2H6/c1-5-15-37-31(6-2)32(29-12-9-27(34)20-30(29)23(3)22-40-19-16-36-24(40)4)26-13-17-39(18-14-26)33(41)38-28-10-7-25(21-35)8-11-28;1-2-3;1-2/h6-12,15-16,19-20,26,32H,3,5,13-14,17-18,22H2,1-2,4H3,(H,38,41);1H3;1-2H3/b31-6-,37-15?;;. The number of aryl methyl sites for hydroxylation is 1. The third-order valence-electron chi connectivity index (χ3n) is 7.62. The number of hydrogen-bond acceptors (Lipinski definition) is 5. The molecule has 1 aliphatic rings. The molecule has 9 heteroatoms. The van der Waals surface area contributed by atoms with Gasteiger partial charge in [0.1, 0.15) is 5.82 Å². The van der Waals surface area contributed by atoms with Crippen molar-refractivity contribution >= 4 is 35.1 Å². The van der Waals surface area contributed by atoms with E-state index >= 15 is 0 Å². The second-order valence-corrected chi connectivity index (χ2v) is 11.0. The highest BCUT2D eigenvalue weighted by Crippen LogP contribution is 2.42. The molecular formula is C37H46ClN7O. The molecule has 1 aromatic heterocycles. The normalized spacial score (nSPS) is 13.8. The van der Waals surface area contributed by atoms with Gasteiger partial charge < -0.3 is 14.8 Å². The third kappa shape index (κ3) is 10.5. The Morgan fingerprint density at radius 2 is 1.85 bits per heavy atom. The fourth-order valence-corrected chi connectivity index (χ4v) is 5.59. The summed E-state index contributed by atoms with van der Waals surface area (Å²) in [5.74, 6) is 1.23. The number of benzene rings is 2. The van der Waals surface area contributed by atoms with Crippen LogP contribution in [0.4, 0.5) is 10.5 Å². The van der Waals surface area contributed by atoms with Gasteiger partial charge in [-0.25, -0.2) is 9.78 Å². The summed E-state index contributed by atoms with van der Waals surface area (Å²) in [7, 11) is 0. The maximum atomic E-state index is 13.0. The first kappa shape index (κ1) is 37.5. The van der Waals surface area contributed by atoms with Gasteiger partial charge in [-0.15, -0.1) is 0 Å². The fraction of sp³-hybridized carbons (Fsp3) is 0.378. The van der Waals surface area contributed by atoms with Crippen molar-refractivity contribution in [2.45, 2.75) is 73.3 Å². The molecule has 1 saturated heterocycles. The molecule has 46 heavy (non-hydrogen) atoms. The van der Waals surface area contributed by atoms with Crippen LogP contribution in [0.5, 0.6) is 0 Å². The van der Waals surface area contributed by atoms with Crippen molar-refractivity contribution in [1.29, 1.82) is 10.5 Å². The number of halogens is 1. The number of aromatic nitrogens is 2. The van der Waals surface area contributed by atoms with Crippen LogP contribution in [-0.4, -0.2) is 39.8 Å². The number of nitriles is 2. The Morgan fingerprint density at radius 3 is 2.39 bits per heavy atom. The van der Waals surface area contributed by atoms with E-state index in [1.807, 2.05) is 57.1 Å². The maximum Gasteiger partial charge on any atom is 0.321 e. The maximum absolute atomic E-state index is 13.0. The van der Waals surface area contributed by atoms with Gasteiger partial charge in [-0.2, -0.15) is 10.5 Å². The number of piperidine rings is 1. The molecule has 2 amide bonds. The molecule has 1 unspecified atom stereocenters. The summed E-state index contributed by atoms with van der Waals surface area (Å²) >= 11 is 6.53. The number of nitrogens with one attached hydrogen (secondary N) is 1. The highest BCUT2D eigenvalue weighted by Gasteiger charge is 2.33. The Labute approximate surface area is 279 Å². The van der Waals surface area contributed by atoms with Crippen molar-refractivity contribution in [3.63, 3.8) is 0 Å². The summed E-state index contributed by atoms with van der Waals surface area (Å²) in [6, 6.07) is 16.7. The first-order valence-electron chi connectivity index (χ1n) is 15.8. The van der Waals surface area contributed by atoms with Gasteiger partial charge in [-0.05, 0) is 92.1 Å². The topological polar surface area (TPSA) is 110 Å². The molecule has 0 radical (unpaired) electrons. The smallest absolute Gasteiger partial charge is 0.321 e. The molecule has 0 aliphatic carbocycles. The highest BCUT2D eigenvalue weighted by molar-refractivity contribution is 6.30. The average Bonchev–Trinajstić information content (AvgIpc) is 3.48. The molecule has 0 bridgehead atoms. The summed E-state index contributed by atoms with van der Waals surface area (Å²) in [6.45, 7) is 17.9. The lowest BCUT2D eigenvalue weighted by Crippen LogP contribution is -2.42.